The van der Waals surface area contributed by atoms with E-state index in [1.807, 2.05) is 13.8 Å². The molecule has 0 saturated carbocycles. The molecule has 0 aliphatic carbocycles. The van der Waals surface area contributed by atoms with E-state index in [1.165, 1.54) is 25.7 Å². The molecular formula is C20H36O4. The van der Waals surface area contributed by atoms with Gasteiger partial charge < -0.3 is 19.3 Å². The van der Waals surface area contributed by atoms with Gasteiger partial charge in [0.05, 0.1) is 0 Å². The van der Waals surface area contributed by atoms with Crippen LogP contribution in [0.3, 0.4) is 0 Å². The predicted octanol–water partition coefficient (Wildman–Crippen LogP) is 4.25. The molecule has 0 amide bonds. The third kappa shape index (κ3) is 8.48. The minimum absolute atomic E-state index is 0.00292. The first-order valence-electron chi connectivity index (χ1n) is 9.52. The van der Waals surface area contributed by atoms with Gasteiger partial charge in [-0.2, -0.15) is 0 Å². The van der Waals surface area contributed by atoms with Crippen LogP contribution in [0.5, 0.6) is 0 Å². The predicted molar refractivity (Wildman–Crippen MR) is 96.4 cm³/mol. The summed E-state index contributed by atoms with van der Waals surface area (Å²) in [6, 6.07) is 0. The lowest BCUT2D eigenvalue weighted by molar-refractivity contribution is -0.264. The molecule has 1 N–H and O–H groups in total. The third-order valence-corrected chi connectivity index (χ3v) is 4.65. The van der Waals surface area contributed by atoms with E-state index >= 15 is 0 Å². The molecule has 24 heavy (non-hydrogen) atoms. The van der Waals surface area contributed by atoms with Crippen LogP contribution in [0, 0.1) is 17.8 Å². The topological polar surface area (TPSA) is 47.9 Å². The van der Waals surface area contributed by atoms with Crippen LogP contribution in [-0.4, -0.2) is 37.0 Å². The Balaban J connectivity index is 0.000000245. The molecule has 2 heterocycles. The monoisotopic (exact) mass is 340 g/mol. The van der Waals surface area contributed by atoms with Crippen LogP contribution in [0.15, 0.2) is 0 Å². The van der Waals surface area contributed by atoms with Crippen molar-refractivity contribution in [1.82, 2.24) is 0 Å². The summed E-state index contributed by atoms with van der Waals surface area (Å²) in [4.78, 5) is 0. The second-order valence-corrected chi connectivity index (χ2v) is 7.39. The third-order valence-electron chi connectivity index (χ3n) is 4.65. The summed E-state index contributed by atoms with van der Waals surface area (Å²) in [5.74, 6) is 2.37. The van der Waals surface area contributed by atoms with Crippen LogP contribution >= 0.6 is 0 Å². The average Bonchev–Trinajstić information content (AvgIpc) is 2.61. The first-order chi connectivity index (χ1) is 11.5. The van der Waals surface area contributed by atoms with Crippen molar-refractivity contribution in [2.45, 2.75) is 97.2 Å². The van der Waals surface area contributed by atoms with Gasteiger partial charge in [0.25, 0.3) is 0 Å². The van der Waals surface area contributed by atoms with Crippen molar-refractivity contribution in [2.24, 2.45) is 5.41 Å². The van der Waals surface area contributed by atoms with E-state index < -0.39 is 6.10 Å². The van der Waals surface area contributed by atoms with E-state index in [2.05, 4.69) is 12.8 Å². The molecule has 3 unspecified atom stereocenters. The fourth-order valence-corrected chi connectivity index (χ4v) is 2.80. The Morgan fingerprint density at radius 3 is 2.04 bits per heavy atom. The summed E-state index contributed by atoms with van der Waals surface area (Å²) in [7, 11) is 0. The molecule has 0 spiro atoms. The highest BCUT2D eigenvalue weighted by atomic mass is 16.8. The number of hydrogen-bond donors (Lipinski definition) is 1. The summed E-state index contributed by atoms with van der Waals surface area (Å²) < 4.78 is 16.6. The van der Waals surface area contributed by atoms with Crippen LogP contribution in [-0.2, 0) is 14.2 Å². The van der Waals surface area contributed by atoms with Gasteiger partial charge in [-0.1, -0.05) is 39.5 Å². The molecule has 0 aromatic heterocycles. The number of aliphatic hydroxyl groups is 1. The quantitative estimate of drug-likeness (QED) is 0.734. The van der Waals surface area contributed by atoms with Crippen LogP contribution in [0.2, 0.25) is 0 Å². The van der Waals surface area contributed by atoms with E-state index in [0.29, 0.717) is 0 Å². The van der Waals surface area contributed by atoms with Gasteiger partial charge in [0.1, 0.15) is 6.10 Å². The number of rotatable bonds is 6. The molecule has 0 aromatic rings. The number of hydrogen-bond acceptors (Lipinski definition) is 4. The Bertz CT molecular complexity index is 333. The Morgan fingerprint density at radius 1 is 1.12 bits per heavy atom. The highest BCUT2D eigenvalue weighted by molar-refractivity contribution is 5.00. The average molecular weight is 341 g/mol. The Labute approximate surface area is 148 Å². The molecule has 0 aromatic carbocycles. The lowest BCUT2D eigenvalue weighted by atomic mass is 9.82. The zero-order chi connectivity index (χ0) is 17.8. The van der Waals surface area contributed by atoms with Crippen molar-refractivity contribution in [3.05, 3.63) is 0 Å². The smallest absolute Gasteiger partial charge is 0.160 e. The van der Waals surface area contributed by atoms with Gasteiger partial charge in [0, 0.05) is 18.6 Å². The molecule has 3 atom stereocenters. The Morgan fingerprint density at radius 2 is 1.67 bits per heavy atom. The minimum atomic E-state index is -0.603. The minimum Gasteiger partial charge on any atom is -0.380 e. The van der Waals surface area contributed by atoms with E-state index in [1.54, 1.807) is 0 Å². The first-order valence-corrected chi connectivity index (χ1v) is 9.52. The van der Waals surface area contributed by atoms with Crippen LogP contribution < -0.4 is 0 Å². The van der Waals surface area contributed by atoms with Gasteiger partial charge in [0.2, 0.25) is 0 Å². The standard InChI is InChI=1S/C10H18O3.C10H18O/c1-3-7-11-9(5-1)13-10-6-2-4-8-12-10;1-5-7-8-10(3,4)9(11)6-2/h9-10H,1-8H2;2,9,11H,5,7-8H2,1,3-4H3. The molecule has 0 bridgehead atoms. The van der Waals surface area contributed by atoms with E-state index in [9.17, 15) is 5.11 Å². The Kier molecular flexibility index (Phi) is 10.6. The number of terminal acetylenes is 1. The maximum Gasteiger partial charge on any atom is 0.160 e. The number of aliphatic hydroxyl groups excluding tert-OH is 1. The molecule has 2 aliphatic heterocycles. The molecular weight excluding hydrogens is 304 g/mol. The lowest BCUT2D eigenvalue weighted by Crippen LogP contribution is -2.31. The van der Waals surface area contributed by atoms with Gasteiger partial charge in [-0.25, -0.2) is 0 Å². The summed E-state index contributed by atoms with van der Waals surface area (Å²) in [5.41, 5.74) is -0.120. The fraction of sp³-hybridized carbons (Fsp3) is 0.900. The van der Waals surface area contributed by atoms with Crippen molar-refractivity contribution in [1.29, 1.82) is 0 Å². The summed E-state index contributed by atoms with van der Waals surface area (Å²) >= 11 is 0. The number of ether oxygens (including phenoxy) is 3. The van der Waals surface area contributed by atoms with Crippen molar-refractivity contribution in [2.75, 3.05) is 13.2 Å². The van der Waals surface area contributed by atoms with E-state index in [0.717, 1.165) is 45.3 Å². The van der Waals surface area contributed by atoms with E-state index in [-0.39, 0.29) is 18.0 Å². The Hall–Kier alpha value is -0.600. The summed E-state index contributed by atoms with van der Waals surface area (Å²) in [6.07, 6.45) is 14.6. The molecule has 2 aliphatic rings. The highest BCUT2D eigenvalue weighted by Crippen LogP contribution is 2.27. The van der Waals surface area contributed by atoms with Crippen molar-refractivity contribution < 1.29 is 19.3 Å². The van der Waals surface area contributed by atoms with Gasteiger partial charge in [-0.3, -0.25) is 0 Å². The molecule has 140 valence electrons. The summed E-state index contributed by atoms with van der Waals surface area (Å²) in [5, 5.41) is 9.38. The van der Waals surface area contributed by atoms with Gasteiger partial charge in [0.15, 0.2) is 12.6 Å². The normalized spacial score (nSPS) is 26.0. The fourth-order valence-electron chi connectivity index (χ4n) is 2.80. The zero-order valence-corrected chi connectivity index (χ0v) is 15.8. The van der Waals surface area contributed by atoms with Gasteiger partial charge in [-0.15, -0.1) is 6.42 Å². The lowest BCUT2D eigenvalue weighted by Gasteiger charge is -2.29. The maximum atomic E-state index is 9.38. The van der Waals surface area contributed by atoms with Crippen molar-refractivity contribution in [3.63, 3.8) is 0 Å². The molecule has 4 heteroatoms. The number of unbranched alkanes of at least 4 members (excludes halogenated alkanes) is 1. The summed E-state index contributed by atoms with van der Waals surface area (Å²) in [6.45, 7) is 7.84. The van der Waals surface area contributed by atoms with Crippen LogP contribution in [0.1, 0.15) is 78.6 Å². The van der Waals surface area contributed by atoms with Crippen molar-refractivity contribution in [3.8, 4) is 12.3 Å². The second-order valence-electron chi connectivity index (χ2n) is 7.39. The van der Waals surface area contributed by atoms with Gasteiger partial charge in [-0.05, 0) is 44.9 Å². The second kappa shape index (κ2) is 11.9. The first kappa shape index (κ1) is 21.4. The van der Waals surface area contributed by atoms with Crippen molar-refractivity contribution >= 4 is 0 Å². The molecule has 4 nitrogen and oxygen atoms in total. The molecule has 2 rings (SSSR count). The van der Waals surface area contributed by atoms with E-state index in [4.69, 9.17) is 20.6 Å². The molecule has 2 saturated heterocycles. The van der Waals surface area contributed by atoms with Gasteiger partial charge >= 0.3 is 0 Å². The van der Waals surface area contributed by atoms with Crippen LogP contribution in [0.4, 0.5) is 0 Å². The maximum absolute atomic E-state index is 9.38. The zero-order valence-electron chi connectivity index (χ0n) is 15.8. The largest absolute Gasteiger partial charge is 0.380 e. The molecule has 2 fully saturated rings. The highest BCUT2D eigenvalue weighted by Gasteiger charge is 2.25. The van der Waals surface area contributed by atoms with Crippen LogP contribution in [0.25, 0.3) is 0 Å². The molecule has 0 radical (unpaired) electrons. The SMILES string of the molecule is C#CC(O)C(C)(C)CCCC.C1CCC(OC2CCCCO2)OC1.